The standard InChI is InChI=1S/C14H21N3O/c1-10-8-11(4-5-12(10)13(15)16-18)17-7-6-14(2,3)9-17/h4-5,8,18H,6-7,9H2,1-3H3,(H2,15,16). The van der Waals surface area contributed by atoms with E-state index in [1.54, 1.807) is 0 Å². The van der Waals surface area contributed by atoms with Crippen LogP contribution in [-0.2, 0) is 0 Å². The van der Waals surface area contributed by atoms with Gasteiger partial charge in [-0.25, -0.2) is 0 Å². The summed E-state index contributed by atoms with van der Waals surface area (Å²) in [5.41, 5.74) is 9.06. The molecule has 0 aromatic heterocycles. The number of hydrogen-bond acceptors (Lipinski definition) is 3. The van der Waals surface area contributed by atoms with Crippen molar-refractivity contribution in [2.24, 2.45) is 16.3 Å². The first kappa shape index (κ1) is 12.7. The fourth-order valence-corrected chi connectivity index (χ4v) is 2.52. The largest absolute Gasteiger partial charge is 0.409 e. The Labute approximate surface area is 108 Å². The van der Waals surface area contributed by atoms with Crippen LogP contribution in [0.2, 0.25) is 0 Å². The molecule has 0 amide bonds. The monoisotopic (exact) mass is 247 g/mol. The van der Waals surface area contributed by atoms with Gasteiger partial charge < -0.3 is 15.8 Å². The smallest absolute Gasteiger partial charge is 0.170 e. The number of hydrogen-bond donors (Lipinski definition) is 2. The maximum Gasteiger partial charge on any atom is 0.170 e. The lowest BCUT2D eigenvalue weighted by Crippen LogP contribution is -2.23. The minimum absolute atomic E-state index is 0.167. The lowest BCUT2D eigenvalue weighted by molar-refractivity contribution is 0.318. The molecule has 0 unspecified atom stereocenters. The molecule has 0 radical (unpaired) electrons. The van der Waals surface area contributed by atoms with Crippen molar-refractivity contribution >= 4 is 11.5 Å². The lowest BCUT2D eigenvalue weighted by Gasteiger charge is -2.22. The third-order valence-electron chi connectivity index (χ3n) is 3.64. The summed E-state index contributed by atoms with van der Waals surface area (Å²) in [6, 6.07) is 6.07. The van der Waals surface area contributed by atoms with Crippen LogP contribution < -0.4 is 10.6 Å². The second-order valence-electron chi connectivity index (χ2n) is 5.82. The van der Waals surface area contributed by atoms with Gasteiger partial charge in [0, 0.05) is 24.3 Å². The molecule has 4 nitrogen and oxygen atoms in total. The zero-order valence-corrected chi connectivity index (χ0v) is 11.3. The van der Waals surface area contributed by atoms with Crippen molar-refractivity contribution in [3.8, 4) is 0 Å². The van der Waals surface area contributed by atoms with Gasteiger partial charge in [-0.15, -0.1) is 0 Å². The summed E-state index contributed by atoms with van der Waals surface area (Å²) >= 11 is 0. The minimum Gasteiger partial charge on any atom is -0.409 e. The number of rotatable bonds is 2. The molecule has 1 saturated heterocycles. The molecule has 0 aliphatic carbocycles. The third-order valence-corrected chi connectivity index (χ3v) is 3.64. The summed E-state index contributed by atoms with van der Waals surface area (Å²) in [5, 5.41) is 11.8. The van der Waals surface area contributed by atoms with E-state index in [9.17, 15) is 0 Å². The van der Waals surface area contributed by atoms with E-state index in [4.69, 9.17) is 10.9 Å². The lowest BCUT2D eigenvalue weighted by atomic mass is 9.93. The van der Waals surface area contributed by atoms with Gasteiger partial charge in [-0.1, -0.05) is 19.0 Å². The fraction of sp³-hybridized carbons (Fsp3) is 0.500. The van der Waals surface area contributed by atoms with Crippen LogP contribution in [0.1, 0.15) is 31.4 Å². The van der Waals surface area contributed by atoms with Gasteiger partial charge in [-0.2, -0.15) is 0 Å². The highest BCUT2D eigenvalue weighted by Crippen LogP contribution is 2.33. The first-order chi connectivity index (χ1) is 8.43. The molecule has 1 aromatic rings. The Morgan fingerprint density at radius 2 is 2.17 bits per heavy atom. The summed E-state index contributed by atoms with van der Waals surface area (Å²) in [5.74, 6) is 0.167. The third kappa shape index (κ3) is 2.42. The number of oxime groups is 1. The molecule has 1 heterocycles. The number of benzene rings is 1. The average Bonchev–Trinajstić information content (AvgIpc) is 2.68. The van der Waals surface area contributed by atoms with Crippen molar-refractivity contribution in [2.45, 2.75) is 27.2 Å². The van der Waals surface area contributed by atoms with Crippen LogP contribution in [0.5, 0.6) is 0 Å². The van der Waals surface area contributed by atoms with E-state index in [1.807, 2.05) is 19.1 Å². The zero-order valence-electron chi connectivity index (χ0n) is 11.3. The summed E-state index contributed by atoms with van der Waals surface area (Å²) in [6.07, 6.45) is 1.22. The van der Waals surface area contributed by atoms with Gasteiger partial charge in [0.05, 0.1) is 0 Å². The highest BCUT2D eigenvalue weighted by molar-refractivity contribution is 5.98. The van der Waals surface area contributed by atoms with Crippen LogP contribution in [0, 0.1) is 12.3 Å². The van der Waals surface area contributed by atoms with Crippen molar-refractivity contribution in [3.63, 3.8) is 0 Å². The first-order valence-corrected chi connectivity index (χ1v) is 6.26. The highest BCUT2D eigenvalue weighted by Gasteiger charge is 2.29. The fourth-order valence-electron chi connectivity index (χ4n) is 2.52. The predicted octanol–water partition coefficient (Wildman–Crippen LogP) is 2.33. The van der Waals surface area contributed by atoms with Gasteiger partial charge in [-0.3, -0.25) is 0 Å². The normalized spacial score (nSPS) is 19.3. The summed E-state index contributed by atoms with van der Waals surface area (Å²) in [6.45, 7) is 8.75. The Morgan fingerprint density at radius 3 is 2.67 bits per heavy atom. The molecule has 3 N–H and O–H groups in total. The average molecular weight is 247 g/mol. The van der Waals surface area contributed by atoms with E-state index in [0.29, 0.717) is 5.41 Å². The molecule has 0 spiro atoms. The van der Waals surface area contributed by atoms with Crippen LogP contribution in [0.3, 0.4) is 0 Å². The van der Waals surface area contributed by atoms with Crippen LogP contribution in [-0.4, -0.2) is 24.1 Å². The summed E-state index contributed by atoms with van der Waals surface area (Å²) < 4.78 is 0. The van der Waals surface area contributed by atoms with Crippen molar-refractivity contribution in [2.75, 3.05) is 18.0 Å². The number of nitrogens with zero attached hydrogens (tertiary/aromatic N) is 2. The van der Waals surface area contributed by atoms with E-state index in [-0.39, 0.29) is 5.84 Å². The molecule has 1 aromatic carbocycles. The molecule has 0 atom stereocenters. The number of nitrogens with two attached hydrogens (primary N) is 1. The number of aryl methyl sites for hydroxylation is 1. The van der Waals surface area contributed by atoms with Gasteiger partial charge in [-0.05, 0) is 42.5 Å². The van der Waals surface area contributed by atoms with Crippen molar-refractivity contribution in [1.29, 1.82) is 0 Å². The summed E-state index contributed by atoms with van der Waals surface area (Å²) in [4.78, 5) is 2.39. The first-order valence-electron chi connectivity index (χ1n) is 6.26. The van der Waals surface area contributed by atoms with Crippen molar-refractivity contribution in [1.82, 2.24) is 0 Å². The molecule has 2 rings (SSSR count). The molecule has 1 aliphatic heterocycles. The van der Waals surface area contributed by atoms with Crippen molar-refractivity contribution < 1.29 is 5.21 Å². The van der Waals surface area contributed by atoms with Crippen LogP contribution >= 0.6 is 0 Å². The van der Waals surface area contributed by atoms with Gasteiger partial charge in [0.2, 0.25) is 0 Å². The molecule has 1 fully saturated rings. The van der Waals surface area contributed by atoms with Crippen LogP contribution in [0.15, 0.2) is 23.4 Å². The zero-order chi connectivity index (χ0) is 13.3. The molecule has 0 bridgehead atoms. The second kappa shape index (κ2) is 4.52. The van der Waals surface area contributed by atoms with E-state index in [1.165, 1.54) is 12.1 Å². The van der Waals surface area contributed by atoms with E-state index < -0.39 is 0 Å². The number of anilines is 1. The summed E-state index contributed by atoms with van der Waals surface area (Å²) in [7, 11) is 0. The van der Waals surface area contributed by atoms with E-state index >= 15 is 0 Å². The Hall–Kier alpha value is -1.71. The molecular formula is C14H21N3O. The van der Waals surface area contributed by atoms with E-state index in [0.717, 1.165) is 24.2 Å². The van der Waals surface area contributed by atoms with Gasteiger partial charge in [0.15, 0.2) is 5.84 Å². The topological polar surface area (TPSA) is 61.8 Å². The molecule has 4 heteroatoms. The molecular weight excluding hydrogens is 226 g/mol. The predicted molar refractivity (Wildman–Crippen MR) is 74.3 cm³/mol. The maximum atomic E-state index is 8.71. The number of amidine groups is 1. The van der Waals surface area contributed by atoms with Crippen LogP contribution in [0.4, 0.5) is 5.69 Å². The molecule has 0 saturated carbocycles. The second-order valence-corrected chi connectivity index (χ2v) is 5.82. The maximum absolute atomic E-state index is 8.71. The Bertz CT molecular complexity index is 480. The van der Waals surface area contributed by atoms with Gasteiger partial charge >= 0.3 is 0 Å². The molecule has 1 aliphatic rings. The Kier molecular flexibility index (Phi) is 3.20. The van der Waals surface area contributed by atoms with Crippen LogP contribution in [0.25, 0.3) is 0 Å². The van der Waals surface area contributed by atoms with Gasteiger partial charge in [0.25, 0.3) is 0 Å². The van der Waals surface area contributed by atoms with Gasteiger partial charge in [0.1, 0.15) is 0 Å². The SMILES string of the molecule is Cc1cc(N2CCC(C)(C)C2)ccc1/C(N)=N/O. The molecule has 98 valence electrons. The Morgan fingerprint density at radius 1 is 1.44 bits per heavy atom. The quantitative estimate of drug-likeness (QED) is 0.365. The molecule has 18 heavy (non-hydrogen) atoms. The highest BCUT2D eigenvalue weighted by atomic mass is 16.4. The van der Waals surface area contributed by atoms with E-state index in [2.05, 4.69) is 30.0 Å². The minimum atomic E-state index is 0.167. The Balaban J connectivity index is 2.25. The van der Waals surface area contributed by atoms with Crippen molar-refractivity contribution in [3.05, 3.63) is 29.3 Å².